The highest BCUT2D eigenvalue weighted by Crippen LogP contribution is 2.37. The van der Waals surface area contributed by atoms with Gasteiger partial charge in [-0.1, -0.05) is 23.7 Å². The van der Waals surface area contributed by atoms with Crippen molar-refractivity contribution in [1.82, 2.24) is 9.62 Å². The van der Waals surface area contributed by atoms with E-state index in [9.17, 15) is 23.7 Å². The van der Waals surface area contributed by atoms with Crippen LogP contribution in [0.3, 0.4) is 0 Å². The molecular formula is C28H31ClN4O5S. The van der Waals surface area contributed by atoms with Crippen LogP contribution in [0.15, 0.2) is 47.4 Å². The zero-order valence-electron chi connectivity index (χ0n) is 22.1. The third-order valence-corrected chi connectivity index (χ3v) is 8.60. The van der Waals surface area contributed by atoms with Gasteiger partial charge in [0.05, 0.1) is 23.1 Å². The lowest BCUT2D eigenvalue weighted by Crippen LogP contribution is -2.46. The molecule has 1 saturated heterocycles. The molecular weight excluding hydrogens is 540 g/mol. The lowest BCUT2D eigenvalue weighted by atomic mass is 9.81. The molecule has 4 rings (SSSR count). The molecule has 2 atom stereocenters. The Kier molecular flexibility index (Phi) is 8.13. The Morgan fingerprint density at radius 2 is 1.87 bits per heavy atom. The highest BCUT2D eigenvalue weighted by atomic mass is 35.5. The summed E-state index contributed by atoms with van der Waals surface area (Å²) in [6, 6.07) is 15.6. The quantitative estimate of drug-likeness (QED) is 0.497. The first-order chi connectivity index (χ1) is 18.3. The number of carbonyl (C=O) groups excluding carboxylic acids is 1. The minimum absolute atomic E-state index is 0.0579. The van der Waals surface area contributed by atoms with Gasteiger partial charge < -0.3 is 14.4 Å². The Morgan fingerprint density at radius 3 is 2.46 bits per heavy atom. The predicted molar refractivity (Wildman–Crippen MR) is 145 cm³/mol. The summed E-state index contributed by atoms with van der Waals surface area (Å²) in [6.45, 7) is 6.55. The molecule has 9 nitrogen and oxygen atoms in total. The number of nitrogens with zero attached hydrogens (tertiary/aromatic N) is 3. The topological polar surface area (TPSA) is 133 Å². The highest BCUT2D eigenvalue weighted by molar-refractivity contribution is 7.89. The smallest absolute Gasteiger partial charge is 0.410 e. The van der Waals surface area contributed by atoms with Gasteiger partial charge in [0.25, 0.3) is 0 Å². The molecule has 2 aromatic carbocycles. The van der Waals surface area contributed by atoms with Crippen molar-refractivity contribution in [2.75, 3.05) is 19.7 Å². The SMILES string of the molecule is CC(C)(C)OC(=O)N1CC[C@H](c2ccc(Cl)cc2)[C@@H](COc2ccc(S(=O)(=O)NC3(C#N)CC3)cc2C#N)C1. The third kappa shape index (κ3) is 7.02. The second-order valence-electron chi connectivity index (χ2n) is 11.0. The lowest BCUT2D eigenvalue weighted by Gasteiger charge is -2.39. The molecule has 1 heterocycles. The average molecular weight is 571 g/mol. The number of sulfonamides is 1. The van der Waals surface area contributed by atoms with Gasteiger partial charge >= 0.3 is 6.09 Å². The van der Waals surface area contributed by atoms with Crippen LogP contribution in [0.4, 0.5) is 4.79 Å². The van der Waals surface area contributed by atoms with Gasteiger partial charge in [0.1, 0.15) is 23.0 Å². The first kappa shape index (κ1) is 28.7. The molecule has 11 heteroatoms. The van der Waals surface area contributed by atoms with E-state index in [-0.39, 0.29) is 34.7 Å². The number of amides is 1. The zero-order valence-corrected chi connectivity index (χ0v) is 23.7. The van der Waals surface area contributed by atoms with Crippen LogP contribution < -0.4 is 9.46 Å². The van der Waals surface area contributed by atoms with Crippen molar-refractivity contribution in [2.45, 2.75) is 62.0 Å². The number of hydrogen-bond donors (Lipinski definition) is 1. The fourth-order valence-electron chi connectivity index (χ4n) is 4.61. The Morgan fingerprint density at radius 1 is 1.18 bits per heavy atom. The van der Waals surface area contributed by atoms with Crippen molar-refractivity contribution in [3.8, 4) is 17.9 Å². The summed E-state index contributed by atoms with van der Waals surface area (Å²) in [5, 5.41) is 19.6. The van der Waals surface area contributed by atoms with Crippen LogP contribution in [0.2, 0.25) is 5.02 Å². The molecule has 0 bridgehead atoms. The summed E-state index contributed by atoms with van der Waals surface area (Å²) < 4.78 is 39.6. The number of carbonyl (C=O) groups is 1. The molecule has 0 radical (unpaired) electrons. The van der Waals surface area contributed by atoms with Crippen molar-refractivity contribution in [3.05, 3.63) is 58.6 Å². The molecule has 1 amide bonds. The monoisotopic (exact) mass is 570 g/mol. The van der Waals surface area contributed by atoms with Gasteiger partial charge in [0.15, 0.2) is 0 Å². The Balaban J connectivity index is 1.53. The summed E-state index contributed by atoms with van der Waals surface area (Å²) in [5.41, 5.74) is -0.571. The van der Waals surface area contributed by atoms with Crippen LogP contribution in [0.1, 0.15) is 57.1 Å². The van der Waals surface area contributed by atoms with E-state index in [1.807, 2.05) is 57.2 Å². The van der Waals surface area contributed by atoms with Crippen LogP contribution in [0.5, 0.6) is 5.75 Å². The maximum Gasteiger partial charge on any atom is 0.410 e. The average Bonchev–Trinajstić information content (AvgIpc) is 3.65. The number of piperidine rings is 1. The van der Waals surface area contributed by atoms with Crippen molar-refractivity contribution >= 4 is 27.7 Å². The largest absolute Gasteiger partial charge is 0.492 e. The van der Waals surface area contributed by atoms with Crippen LogP contribution >= 0.6 is 11.6 Å². The van der Waals surface area contributed by atoms with E-state index < -0.39 is 27.3 Å². The summed E-state index contributed by atoms with van der Waals surface area (Å²) in [7, 11) is -3.98. The number of halogens is 1. The minimum Gasteiger partial charge on any atom is -0.492 e. The standard InChI is InChI=1S/C28H31ClN4O5S/c1-27(2,3)38-26(34)33-13-10-24(19-4-6-22(29)7-5-19)21(16-33)17-37-25-9-8-23(14-20(25)15-30)39(35,36)32-28(18-31)11-12-28/h4-9,14,21,24,32H,10-13,16-17H2,1-3H3/t21-,24-/m1/s1. The van der Waals surface area contributed by atoms with Crippen LogP contribution in [0.25, 0.3) is 0 Å². The minimum atomic E-state index is -3.98. The number of hydrogen-bond acceptors (Lipinski definition) is 7. The van der Waals surface area contributed by atoms with E-state index >= 15 is 0 Å². The van der Waals surface area contributed by atoms with Crippen molar-refractivity contribution in [2.24, 2.45) is 5.92 Å². The van der Waals surface area contributed by atoms with E-state index in [4.69, 9.17) is 21.1 Å². The lowest BCUT2D eigenvalue weighted by molar-refractivity contribution is 0.0111. The second-order valence-corrected chi connectivity index (χ2v) is 13.1. The second kappa shape index (κ2) is 11.1. The maximum absolute atomic E-state index is 12.8. The zero-order chi connectivity index (χ0) is 28.4. The third-order valence-electron chi connectivity index (χ3n) is 6.81. The van der Waals surface area contributed by atoms with Crippen LogP contribution in [-0.2, 0) is 14.8 Å². The summed E-state index contributed by atoms with van der Waals surface area (Å²) in [6.07, 6.45) is 1.19. The molecule has 2 aromatic rings. The van der Waals surface area contributed by atoms with E-state index in [1.165, 1.54) is 18.2 Å². The molecule has 2 fully saturated rings. The molecule has 1 aliphatic carbocycles. The Bertz CT molecular complexity index is 1420. The number of likely N-dealkylation sites (tertiary alicyclic amines) is 1. The molecule has 1 saturated carbocycles. The Hall–Kier alpha value is -3.31. The molecule has 39 heavy (non-hydrogen) atoms. The molecule has 1 N–H and O–H groups in total. The van der Waals surface area contributed by atoms with Gasteiger partial charge in [0.2, 0.25) is 10.0 Å². The van der Waals surface area contributed by atoms with Gasteiger partial charge in [-0.05, 0) is 81.8 Å². The van der Waals surface area contributed by atoms with Gasteiger partial charge in [-0.15, -0.1) is 0 Å². The molecule has 0 spiro atoms. The van der Waals surface area contributed by atoms with Crippen molar-refractivity contribution in [1.29, 1.82) is 10.5 Å². The van der Waals surface area contributed by atoms with E-state index in [1.54, 1.807) is 4.90 Å². The first-order valence-electron chi connectivity index (χ1n) is 12.7. The highest BCUT2D eigenvalue weighted by Gasteiger charge is 2.47. The fraction of sp³-hybridized carbons (Fsp3) is 0.464. The fourth-order valence-corrected chi connectivity index (χ4v) is 6.13. The van der Waals surface area contributed by atoms with Crippen molar-refractivity contribution in [3.63, 3.8) is 0 Å². The van der Waals surface area contributed by atoms with E-state index in [2.05, 4.69) is 4.72 Å². The van der Waals surface area contributed by atoms with Crippen molar-refractivity contribution < 1.29 is 22.7 Å². The Labute approximate surface area is 234 Å². The van der Waals surface area contributed by atoms with Gasteiger partial charge in [-0.25, -0.2) is 13.2 Å². The molecule has 1 aliphatic heterocycles. The maximum atomic E-state index is 12.8. The summed E-state index contributed by atoms with van der Waals surface area (Å²) in [5.74, 6) is 0.174. The number of nitriles is 2. The van der Waals surface area contributed by atoms with Crippen LogP contribution in [0, 0.1) is 28.6 Å². The first-order valence-corrected chi connectivity index (χ1v) is 14.6. The van der Waals surface area contributed by atoms with Gasteiger partial charge in [0, 0.05) is 24.0 Å². The van der Waals surface area contributed by atoms with Crippen LogP contribution in [-0.4, -0.2) is 50.2 Å². The number of rotatable bonds is 7. The number of benzene rings is 2. The molecule has 0 unspecified atom stereocenters. The number of ether oxygens (including phenoxy) is 2. The number of nitrogens with one attached hydrogen (secondary N) is 1. The molecule has 206 valence electrons. The summed E-state index contributed by atoms with van der Waals surface area (Å²) in [4.78, 5) is 14.4. The van der Waals surface area contributed by atoms with Gasteiger partial charge in [-0.2, -0.15) is 15.2 Å². The predicted octanol–water partition coefficient (Wildman–Crippen LogP) is 4.97. The normalized spacial score (nSPS) is 20.4. The molecule has 0 aromatic heterocycles. The van der Waals surface area contributed by atoms with E-state index in [0.717, 1.165) is 5.56 Å². The van der Waals surface area contributed by atoms with E-state index in [0.29, 0.717) is 37.4 Å². The summed E-state index contributed by atoms with van der Waals surface area (Å²) >= 11 is 6.09. The van der Waals surface area contributed by atoms with Gasteiger partial charge in [-0.3, -0.25) is 0 Å². The molecule has 2 aliphatic rings.